The Hall–Kier alpha value is 0.340. The van der Waals surface area contributed by atoms with Crippen LogP contribution in [0, 0.1) is 5.92 Å². The highest BCUT2D eigenvalue weighted by Crippen LogP contribution is 2.38. The second-order valence-electron chi connectivity index (χ2n) is 5.00. The molecule has 0 atom stereocenters. The summed E-state index contributed by atoms with van der Waals surface area (Å²) in [6.45, 7) is 6.45. The first-order chi connectivity index (χ1) is 8.93. The summed E-state index contributed by atoms with van der Waals surface area (Å²) in [4.78, 5) is 0. The zero-order valence-electron chi connectivity index (χ0n) is 11.2. The van der Waals surface area contributed by atoms with E-state index in [0.29, 0.717) is 26.0 Å². The largest absolute Gasteiger partial charge is 0.316 e. The minimum atomic E-state index is 0.390. The molecule has 19 heavy (non-hydrogen) atoms. The number of benzene rings is 1. The quantitative estimate of drug-likeness (QED) is 0.371. The lowest BCUT2D eigenvalue weighted by molar-refractivity contribution is 0.535. The van der Waals surface area contributed by atoms with E-state index in [-0.39, 0.29) is 0 Å². The molecule has 5 heteroatoms. The van der Waals surface area contributed by atoms with Crippen LogP contribution in [0.4, 0.5) is 0 Å². The van der Waals surface area contributed by atoms with Crippen molar-refractivity contribution in [2.75, 3.05) is 13.1 Å². The predicted octanol–water partition coefficient (Wildman–Crippen LogP) is 5.87. The Morgan fingerprint density at radius 3 is 2.32 bits per heavy atom. The molecule has 108 valence electrons. The molecule has 0 amide bonds. The summed E-state index contributed by atoms with van der Waals surface area (Å²) in [5, 5.41) is 5.27. The Labute approximate surface area is 135 Å². The molecule has 0 aliphatic rings. The van der Waals surface area contributed by atoms with Crippen LogP contribution in [0.5, 0.6) is 0 Å². The first-order valence-corrected chi connectivity index (χ1v) is 7.97. The van der Waals surface area contributed by atoms with E-state index >= 15 is 0 Å². The van der Waals surface area contributed by atoms with E-state index in [2.05, 4.69) is 19.2 Å². The van der Waals surface area contributed by atoms with Crippen LogP contribution < -0.4 is 5.32 Å². The fourth-order valence-corrected chi connectivity index (χ4v) is 2.90. The van der Waals surface area contributed by atoms with Gasteiger partial charge in [-0.05, 0) is 49.9 Å². The highest BCUT2D eigenvalue weighted by Gasteiger charge is 2.13. The third-order valence-electron chi connectivity index (χ3n) is 2.79. The molecular formula is C14H19Cl4N. The molecule has 0 aliphatic carbocycles. The highest BCUT2D eigenvalue weighted by atomic mass is 35.5. The average Bonchev–Trinajstić information content (AvgIpc) is 2.34. The van der Waals surface area contributed by atoms with Crippen LogP contribution in [-0.2, 0) is 6.42 Å². The number of hydrogen-bond acceptors (Lipinski definition) is 1. The maximum Gasteiger partial charge on any atom is 0.0782 e. The maximum absolute atomic E-state index is 6.17. The predicted molar refractivity (Wildman–Crippen MR) is 87.1 cm³/mol. The summed E-state index contributed by atoms with van der Waals surface area (Å²) in [6.07, 6.45) is 2.92. The van der Waals surface area contributed by atoms with Gasteiger partial charge in [-0.25, -0.2) is 0 Å². The lowest BCUT2D eigenvalue weighted by Gasteiger charge is -2.11. The second-order valence-corrected chi connectivity index (χ2v) is 6.57. The van der Waals surface area contributed by atoms with Crippen LogP contribution in [0.1, 0.15) is 32.3 Å². The Morgan fingerprint density at radius 2 is 1.68 bits per heavy atom. The molecule has 0 saturated heterocycles. The second kappa shape index (κ2) is 8.59. The van der Waals surface area contributed by atoms with Crippen molar-refractivity contribution in [3.63, 3.8) is 0 Å². The molecule has 0 spiro atoms. The van der Waals surface area contributed by atoms with E-state index in [4.69, 9.17) is 46.4 Å². The molecular weight excluding hydrogens is 324 g/mol. The van der Waals surface area contributed by atoms with Crippen molar-refractivity contribution in [3.8, 4) is 0 Å². The van der Waals surface area contributed by atoms with Crippen molar-refractivity contribution in [1.82, 2.24) is 5.32 Å². The monoisotopic (exact) mass is 341 g/mol. The van der Waals surface area contributed by atoms with Gasteiger partial charge in [-0.3, -0.25) is 0 Å². The third kappa shape index (κ3) is 5.69. The number of halogens is 4. The number of unbranched alkanes of at least 4 members (excludes halogenated alkanes) is 1. The van der Waals surface area contributed by atoms with Gasteiger partial charge in [-0.2, -0.15) is 0 Å². The molecule has 0 bridgehead atoms. The fraction of sp³-hybridized carbons (Fsp3) is 0.571. The summed E-state index contributed by atoms with van der Waals surface area (Å²) in [5.74, 6) is 0.680. The van der Waals surface area contributed by atoms with Crippen LogP contribution in [0.25, 0.3) is 0 Å². The molecule has 1 aromatic rings. The molecule has 0 fully saturated rings. The van der Waals surface area contributed by atoms with Crippen molar-refractivity contribution in [3.05, 3.63) is 31.7 Å². The normalized spacial score (nSPS) is 11.3. The summed E-state index contributed by atoms with van der Waals surface area (Å²) >= 11 is 24.2. The van der Waals surface area contributed by atoms with Crippen molar-refractivity contribution >= 4 is 46.4 Å². The zero-order chi connectivity index (χ0) is 14.4. The van der Waals surface area contributed by atoms with E-state index in [1.54, 1.807) is 6.07 Å². The van der Waals surface area contributed by atoms with Gasteiger partial charge < -0.3 is 5.32 Å². The highest BCUT2D eigenvalue weighted by molar-refractivity contribution is 6.49. The van der Waals surface area contributed by atoms with E-state index in [1.165, 1.54) is 0 Å². The van der Waals surface area contributed by atoms with Gasteiger partial charge in [-0.1, -0.05) is 60.3 Å². The van der Waals surface area contributed by atoms with Gasteiger partial charge in [0.05, 0.1) is 15.1 Å². The summed E-state index contributed by atoms with van der Waals surface area (Å²) < 4.78 is 0. The Kier molecular flexibility index (Phi) is 7.86. The molecule has 0 unspecified atom stereocenters. The van der Waals surface area contributed by atoms with Crippen molar-refractivity contribution in [1.29, 1.82) is 0 Å². The third-order valence-corrected chi connectivity index (χ3v) is 4.43. The minimum absolute atomic E-state index is 0.390. The molecule has 1 rings (SSSR count). The topological polar surface area (TPSA) is 12.0 Å². The molecule has 0 heterocycles. The number of hydrogen-bond donors (Lipinski definition) is 1. The summed E-state index contributed by atoms with van der Waals surface area (Å²) in [5.41, 5.74) is 0.890. The van der Waals surface area contributed by atoms with Crippen LogP contribution in [0.15, 0.2) is 6.07 Å². The number of nitrogens with one attached hydrogen (secondary N) is 1. The molecule has 0 saturated carbocycles. The van der Waals surface area contributed by atoms with Crippen molar-refractivity contribution in [2.45, 2.75) is 33.1 Å². The van der Waals surface area contributed by atoms with Crippen LogP contribution in [0.3, 0.4) is 0 Å². The van der Waals surface area contributed by atoms with Crippen LogP contribution in [-0.4, -0.2) is 13.1 Å². The van der Waals surface area contributed by atoms with E-state index in [9.17, 15) is 0 Å². The van der Waals surface area contributed by atoms with Crippen LogP contribution in [0.2, 0.25) is 20.1 Å². The zero-order valence-corrected chi connectivity index (χ0v) is 14.2. The molecule has 1 aromatic carbocycles. The lowest BCUT2D eigenvalue weighted by Crippen LogP contribution is -2.20. The SMILES string of the molecule is CC(C)CNCCCCc1c(Cl)cc(Cl)c(Cl)c1Cl. The molecule has 0 aromatic heterocycles. The summed E-state index contributed by atoms with van der Waals surface area (Å²) in [7, 11) is 0. The first-order valence-electron chi connectivity index (χ1n) is 6.46. The molecule has 1 nitrogen and oxygen atoms in total. The van der Waals surface area contributed by atoms with Crippen molar-refractivity contribution in [2.24, 2.45) is 5.92 Å². The van der Waals surface area contributed by atoms with E-state index in [1.807, 2.05) is 0 Å². The van der Waals surface area contributed by atoms with Gasteiger partial charge in [0.1, 0.15) is 0 Å². The first kappa shape index (κ1) is 17.4. The van der Waals surface area contributed by atoms with Gasteiger partial charge in [0, 0.05) is 5.02 Å². The van der Waals surface area contributed by atoms with E-state index in [0.717, 1.165) is 37.9 Å². The number of rotatable bonds is 7. The van der Waals surface area contributed by atoms with Crippen molar-refractivity contribution < 1.29 is 0 Å². The van der Waals surface area contributed by atoms with Gasteiger partial charge in [-0.15, -0.1) is 0 Å². The van der Waals surface area contributed by atoms with Gasteiger partial charge in [0.15, 0.2) is 0 Å². The Morgan fingerprint density at radius 1 is 1.00 bits per heavy atom. The Balaban J connectivity index is 2.44. The smallest absolute Gasteiger partial charge is 0.0782 e. The fourth-order valence-electron chi connectivity index (χ4n) is 1.78. The van der Waals surface area contributed by atoms with E-state index < -0.39 is 0 Å². The molecule has 0 radical (unpaired) electrons. The molecule has 1 N–H and O–H groups in total. The van der Waals surface area contributed by atoms with Crippen LogP contribution >= 0.6 is 46.4 Å². The van der Waals surface area contributed by atoms with Gasteiger partial charge in [0.25, 0.3) is 0 Å². The Bertz CT molecular complexity index is 418. The molecule has 0 aliphatic heterocycles. The average molecular weight is 343 g/mol. The van der Waals surface area contributed by atoms with Gasteiger partial charge in [0.2, 0.25) is 0 Å². The lowest BCUT2D eigenvalue weighted by atomic mass is 10.1. The minimum Gasteiger partial charge on any atom is -0.316 e. The maximum atomic E-state index is 6.17. The standard InChI is InChI=1S/C14H19Cl4N/c1-9(2)8-19-6-4-3-5-10-11(15)7-12(16)14(18)13(10)17/h7,9,19H,3-6,8H2,1-2H3. The van der Waals surface area contributed by atoms with Gasteiger partial charge >= 0.3 is 0 Å². The summed E-state index contributed by atoms with van der Waals surface area (Å²) in [6, 6.07) is 1.66.